The number of benzene rings is 1. The van der Waals surface area contributed by atoms with Gasteiger partial charge in [0.15, 0.2) is 5.69 Å². The van der Waals surface area contributed by atoms with Crippen molar-refractivity contribution in [2.45, 2.75) is 19.4 Å². The fraction of sp³-hybridized carbons (Fsp3) is 0.214. The van der Waals surface area contributed by atoms with Crippen LogP contribution in [0.25, 0.3) is 0 Å². The highest BCUT2D eigenvalue weighted by molar-refractivity contribution is 5.92. The second-order valence-electron chi connectivity index (χ2n) is 4.41. The molecular weight excluding hydrogens is 240 g/mol. The van der Waals surface area contributed by atoms with Crippen LogP contribution in [0.3, 0.4) is 0 Å². The molecule has 0 radical (unpaired) electrons. The van der Waals surface area contributed by atoms with Gasteiger partial charge < -0.3 is 11.1 Å². The number of hydrogen-bond donors (Lipinski definition) is 2. The number of nitrogens with one attached hydrogen (secondary N) is 1. The van der Waals surface area contributed by atoms with Crippen molar-refractivity contribution in [1.82, 2.24) is 15.5 Å². The summed E-state index contributed by atoms with van der Waals surface area (Å²) in [4.78, 5) is 11.9. The highest BCUT2D eigenvalue weighted by Gasteiger charge is 2.11. The topological polar surface area (TPSA) is 80.9 Å². The lowest BCUT2D eigenvalue weighted by molar-refractivity contribution is 0.0934. The van der Waals surface area contributed by atoms with Crippen molar-refractivity contribution >= 4 is 11.7 Å². The van der Waals surface area contributed by atoms with Gasteiger partial charge in [-0.25, -0.2) is 0 Å². The molecule has 1 aromatic carbocycles. The summed E-state index contributed by atoms with van der Waals surface area (Å²) in [5, 5.41) is 10.3. The zero-order chi connectivity index (χ0) is 13.7. The van der Waals surface area contributed by atoms with Gasteiger partial charge in [-0.1, -0.05) is 30.3 Å². The standard InChI is InChI=1S/C14H16N4O/c1-10(9-11-5-3-2-4-6-11)16-14(19)12-7-8-13(15)18-17-12/h2-8,10H,9H2,1H3,(H2,15,18)(H,16,19). The van der Waals surface area contributed by atoms with Gasteiger partial charge in [-0.3, -0.25) is 4.79 Å². The minimum Gasteiger partial charge on any atom is -0.382 e. The van der Waals surface area contributed by atoms with Crippen LogP contribution >= 0.6 is 0 Å². The van der Waals surface area contributed by atoms with Gasteiger partial charge in [0.05, 0.1) is 0 Å². The third-order valence-electron chi connectivity index (χ3n) is 2.68. The van der Waals surface area contributed by atoms with E-state index in [1.54, 1.807) is 12.1 Å². The number of rotatable bonds is 4. The average molecular weight is 256 g/mol. The number of hydrogen-bond acceptors (Lipinski definition) is 4. The highest BCUT2D eigenvalue weighted by Crippen LogP contribution is 2.04. The fourth-order valence-corrected chi connectivity index (χ4v) is 1.78. The van der Waals surface area contributed by atoms with Crippen LogP contribution in [0.15, 0.2) is 42.5 Å². The molecule has 0 aliphatic heterocycles. The molecule has 5 nitrogen and oxygen atoms in total. The molecule has 0 saturated heterocycles. The molecule has 98 valence electrons. The van der Waals surface area contributed by atoms with E-state index in [0.717, 1.165) is 6.42 Å². The van der Waals surface area contributed by atoms with E-state index in [2.05, 4.69) is 15.5 Å². The van der Waals surface area contributed by atoms with Gasteiger partial charge in [-0.15, -0.1) is 10.2 Å². The summed E-state index contributed by atoms with van der Waals surface area (Å²) in [6.45, 7) is 1.95. The summed E-state index contributed by atoms with van der Waals surface area (Å²) in [7, 11) is 0. The molecule has 0 bridgehead atoms. The summed E-state index contributed by atoms with van der Waals surface area (Å²) in [6.07, 6.45) is 0.773. The van der Waals surface area contributed by atoms with E-state index in [9.17, 15) is 4.79 Å². The van der Waals surface area contributed by atoms with E-state index >= 15 is 0 Å². The first-order valence-electron chi connectivity index (χ1n) is 6.09. The molecule has 1 atom stereocenters. The van der Waals surface area contributed by atoms with Crippen molar-refractivity contribution in [3.63, 3.8) is 0 Å². The molecule has 0 fully saturated rings. The second kappa shape index (κ2) is 5.95. The first-order valence-corrected chi connectivity index (χ1v) is 6.09. The van der Waals surface area contributed by atoms with E-state index in [0.29, 0.717) is 5.82 Å². The summed E-state index contributed by atoms with van der Waals surface area (Å²) in [5.41, 5.74) is 6.88. The van der Waals surface area contributed by atoms with Crippen molar-refractivity contribution in [3.8, 4) is 0 Å². The van der Waals surface area contributed by atoms with E-state index < -0.39 is 0 Å². The molecule has 19 heavy (non-hydrogen) atoms. The third kappa shape index (κ3) is 3.77. The molecule has 1 amide bonds. The van der Waals surface area contributed by atoms with Crippen LogP contribution < -0.4 is 11.1 Å². The number of anilines is 1. The molecule has 1 aromatic heterocycles. The Morgan fingerprint density at radius 3 is 2.58 bits per heavy atom. The van der Waals surface area contributed by atoms with Crippen LogP contribution in [0.4, 0.5) is 5.82 Å². The molecule has 1 unspecified atom stereocenters. The molecule has 2 rings (SSSR count). The van der Waals surface area contributed by atoms with Gasteiger partial charge in [-0.05, 0) is 31.0 Å². The smallest absolute Gasteiger partial charge is 0.272 e. The minimum atomic E-state index is -0.240. The first kappa shape index (κ1) is 13.0. The van der Waals surface area contributed by atoms with Gasteiger partial charge in [0.25, 0.3) is 5.91 Å². The zero-order valence-corrected chi connectivity index (χ0v) is 10.7. The third-order valence-corrected chi connectivity index (χ3v) is 2.68. The highest BCUT2D eigenvalue weighted by atomic mass is 16.2. The predicted molar refractivity (Wildman–Crippen MR) is 73.5 cm³/mol. The molecule has 2 aromatic rings. The van der Waals surface area contributed by atoms with Crippen molar-refractivity contribution in [2.75, 3.05) is 5.73 Å². The Labute approximate surface area is 111 Å². The largest absolute Gasteiger partial charge is 0.382 e. The van der Waals surface area contributed by atoms with E-state index in [-0.39, 0.29) is 17.6 Å². The maximum atomic E-state index is 11.9. The Kier molecular flexibility index (Phi) is 4.07. The number of nitrogen functional groups attached to an aromatic ring is 1. The molecule has 0 spiro atoms. The summed E-state index contributed by atoms with van der Waals surface area (Å²) < 4.78 is 0. The van der Waals surface area contributed by atoms with Gasteiger partial charge in [0.2, 0.25) is 0 Å². The Hall–Kier alpha value is -2.43. The minimum absolute atomic E-state index is 0.0225. The van der Waals surface area contributed by atoms with Crippen LogP contribution in [-0.2, 0) is 6.42 Å². The molecule has 0 aliphatic rings. The number of nitrogens with zero attached hydrogens (tertiary/aromatic N) is 2. The zero-order valence-electron chi connectivity index (χ0n) is 10.7. The maximum Gasteiger partial charge on any atom is 0.272 e. The molecule has 5 heteroatoms. The van der Waals surface area contributed by atoms with Gasteiger partial charge in [-0.2, -0.15) is 0 Å². The average Bonchev–Trinajstić information content (AvgIpc) is 2.40. The monoisotopic (exact) mass is 256 g/mol. The molecular formula is C14H16N4O. The quantitative estimate of drug-likeness (QED) is 0.867. The summed E-state index contributed by atoms with van der Waals surface area (Å²) in [6, 6.07) is 13.1. The Morgan fingerprint density at radius 2 is 1.95 bits per heavy atom. The number of nitrogens with two attached hydrogens (primary N) is 1. The van der Waals surface area contributed by atoms with Crippen LogP contribution in [0.1, 0.15) is 23.0 Å². The van der Waals surface area contributed by atoms with Crippen LogP contribution in [0.5, 0.6) is 0 Å². The van der Waals surface area contributed by atoms with Gasteiger partial charge >= 0.3 is 0 Å². The molecule has 3 N–H and O–H groups in total. The lowest BCUT2D eigenvalue weighted by Crippen LogP contribution is -2.34. The predicted octanol–water partition coefficient (Wildman–Crippen LogP) is 1.42. The van der Waals surface area contributed by atoms with Crippen molar-refractivity contribution in [3.05, 3.63) is 53.7 Å². The second-order valence-corrected chi connectivity index (χ2v) is 4.41. The summed E-state index contributed by atoms with van der Waals surface area (Å²) in [5.74, 6) is 0.0600. The van der Waals surface area contributed by atoms with E-state index in [4.69, 9.17) is 5.73 Å². The number of carbonyl (C=O) groups excluding carboxylic acids is 1. The maximum absolute atomic E-state index is 11.9. The van der Waals surface area contributed by atoms with Crippen LogP contribution in [0, 0.1) is 0 Å². The van der Waals surface area contributed by atoms with Gasteiger partial charge in [0, 0.05) is 6.04 Å². The van der Waals surface area contributed by atoms with Gasteiger partial charge in [0.1, 0.15) is 5.82 Å². The number of aromatic nitrogens is 2. The summed E-state index contributed by atoms with van der Waals surface area (Å²) >= 11 is 0. The Bertz CT molecular complexity index is 539. The van der Waals surface area contributed by atoms with Crippen molar-refractivity contribution < 1.29 is 4.79 Å². The van der Waals surface area contributed by atoms with E-state index in [1.165, 1.54) is 5.56 Å². The molecule has 0 saturated carbocycles. The Morgan fingerprint density at radius 1 is 1.21 bits per heavy atom. The molecule has 1 heterocycles. The van der Waals surface area contributed by atoms with E-state index in [1.807, 2.05) is 37.3 Å². The number of amides is 1. The normalized spacial score (nSPS) is 11.8. The van der Waals surface area contributed by atoms with Crippen molar-refractivity contribution in [1.29, 1.82) is 0 Å². The molecule has 0 aliphatic carbocycles. The van der Waals surface area contributed by atoms with Crippen LogP contribution in [0.2, 0.25) is 0 Å². The number of carbonyl (C=O) groups is 1. The lowest BCUT2D eigenvalue weighted by atomic mass is 10.1. The van der Waals surface area contributed by atoms with Crippen LogP contribution in [-0.4, -0.2) is 22.1 Å². The first-order chi connectivity index (χ1) is 9.15. The fourth-order valence-electron chi connectivity index (χ4n) is 1.78. The van der Waals surface area contributed by atoms with Crippen molar-refractivity contribution in [2.24, 2.45) is 0 Å². The lowest BCUT2D eigenvalue weighted by Gasteiger charge is -2.13. The SMILES string of the molecule is CC(Cc1ccccc1)NC(=O)c1ccc(N)nn1. The Balaban J connectivity index is 1.93.